The number of aromatic hydroxyl groups is 1. The summed E-state index contributed by atoms with van der Waals surface area (Å²) in [7, 11) is 1.46. The minimum absolute atomic E-state index is 0.0145. The molecule has 78 valence electrons. The Hall–Kier alpha value is -0.740. The van der Waals surface area contributed by atoms with Crippen molar-refractivity contribution in [1.82, 2.24) is 0 Å². The molecule has 0 fully saturated rings. The first-order valence-electron chi connectivity index (χ1n) is 4.10. The molecule has 1 N–H and O–H groups in total. The first-order chi connectivity index (χ1) is 6.32. The van der Waals surface area contributed by atoms with Crippen LogP contribution in [0.1, 0.15) is 25.3 Å². The zero-order chi connectivity index (χ0) is 10.9. The maximum atomic E-state index is 11.0. The van der Waals surface area contributed by atoms with Crippen molar-refractivity contribution in [2.75, 3.05) is 0 Å². The van der Waals surface area contributed by atoms with Crippen LogP contribution in [0.25, 0.3) is 0 Å². The molecule has 0 unspecified atom stereocenters. The lowest BCUT2D eigenvalue weighted by Crippen LogP contribution is -1.94. The van der Waals surface area contributed by atoms with Crippen molar-refractivity contribution in [2.45, 2.75) is 24.7 Å². The summed E-state index contributed by atoms with van der Waals surface area (Å²) in [6.45, 7) is 3.72. The molecule has 0 aliphatic carbocycles. The van der Waals surface area contributed by atoms with Gasteiger partial charge >= 0.3 is 0 Å². The standard InChI is InChI=1S/C9H11ClO3S/c1-6(2)8-5-7(14(10,12)13)3-4-9(8)11/h3-6,11H,1-2H3. The monoisotopic (exact) mass is 234 g/mol. The highest BCUT2D eigenvalue weighted by Crippen LogP contribution is 2.28. The molecule has 0 saturated carbocycles. The SMILES string of the molecule is CC(C)c1cc(S(=O)(=O)Cl)ccc1O. The highest BCUT2D eigenvalue weighted by molar-refractivity contribution is 8.13. The van der Waals surface area contributed by atoms with Crippen LogP contribution in [-0.2, 0) is 9.05 Å². The van der Waals surface area contributed by atoms with Gasteiger partial charge in [-0.1, -0.05) is 13.8 Å². The molecule has 0 atom stereocenters. The smallest absolute Gasteiger partial charge is 0.261 e. The molecular weight excluding hydrogens is 224 g/mol. The first kappa shape index (κ1) is 11.3. The summed E-state index contributed by atoms with van der Waals surface area (Å²) in [5, 5.41) is 9.43. The van der Waals surface area contributed by atoms with Gasteiger partial charge < -0.3 is 5.11 Å². The number of hydrogen-bond acceptors (Lipinski definition) is 3. The van der Waals surface area contributed by atoms with Gasteiger partial charge in [0.1, 0.15) is 5.75 Å². The topological polar surface area (TPSA) is 54.4 Å². The number of phenols is 1. The average Bonchev–Trinajstić information content (AvgIpc) is 2.02. The lowest BCUT2D eigenvalue weighted by atomic mass is 10.0. The predicted octanol–water partition coefficient (Wildman–Crippen LogP) is 2.44. The van der Waals surface area contributed by atoms with Gasteiger partial charge in [0.25, 0.3) is 9.05 Å². The van der Waals surface area contributed by atoms with Gasteiger partial charge in [0, 0.05) is 10.7 Å². The van der Waals surface area contributed by atoms with E-state index in [1.807, 2.05) is 13.8 Å². The highest BCUT2D eigenvalue weighted by Gasteiger charge is 2.14. The van der Waals surface area contributed by atoms with Crippen LogP contribution in [0.2, 0.25) is 0 Å². The van der Waals surface area contributed by atoms with Gasteiger partial charge in [-0.2, -0.15) is 0 Å². The predicted molar refractivity (Wildman–Crippen MR) is 55.2 cm³/mol. The van der Waals surface area contributed by atoms with Gasteiger partial charge in [0.2, 0.25) is 0 Å². The molecule has 0 bridgehead atoms. The van der Waals surface area contributed by atoms with E-state index in [9.17, 15) is 13.5 Å². The molecular formula is C9H11ClO3S. The maximum Gasteiger partial charge on any atom is 0.261 e. The number of phenolic OH excluding ortho intramolecular Hbond substituents is 1. The molecule has 0 spiro atoms. The van der Waals surface area contributed by atoms with Crippen LogP contribution in [-0.4, -0.2) is 13.5 Å². The van der Waals surface area contributed by atoms with Gasteiger partial charge in [0.15, 0.2) is 0 Å². The molecule has 0 heterocycles. The summed E-state index contributed by atoms with van der Waals surface area (Å²) in [5.41, 5.74) is 0.576. The summed E-state index contributed by atoms with van der Waals surface area (Å²) < 4.78 is 22.0. The third kappa shape index (κ3) is 2.39. The van der Waals surface area contributed by atoms with Gasteiger partial charge in [0.05, 0.1) is 4.90 Å². The Bertz CT molecular complexity index is 437. The number of halogens is 1. The summed E-state index contributed by atoms with van der Waals surface area (Å²) in [4.78, 5) is 0.0145. The Balaban J connectivity index is 3.34. The summed E-state index contributed by atoms with van der Waals surface area (Å²) in [6.07, 6.45) is 0. The summed E-state index contributed by atoms with van der Waals surface area (Å²) in [6, 6.07) is 4.01. The highest BCUT2D eigenvalue weighted by atomic mass is 35.7. The average molecular weight is 235 g/mol. The van der Waals surface area contributed by atoms with Crippen molar-refractivity contribution >= 4 is 19.7 Å². The van der Waals surface area contributed by atoms with Gasteiger partial charge in [-0.25, -0.2) is 8.42 Å². The second kappa shape index (κ2) is 3.79. The number of rotatable bonds is 2. The Kier molecular flexibility index (Phi) is 3.07. The zero-order valence-electron chi connectivity index (χ0n) is 7.86. The summed E-state index contributed by atoms with van der Waals surface area (Å²) >= 11 is 0. The van der Waals surface area contributed by atoms with Crippen molar-refractivity contribution in [3.05, 3.63) is 23.8 Å². The van der Waals surface area contributed by atoms with Gasteiger partial charge in [-0.3, -0.25) is 0 Å². The third-order valence-corrected chi connectivity index (χ3v) is 3.25. The zero-order valence-corrected chi connectivity index (χ0v) is 9.43. The van der Waals surface area contributed by atoms with Crippen molar-refractivity contribution < 1.29 is 13.5 Å². The quantitative estimate of drug-likeness (QED) is 0.800. The van der Waals surface area contributed by atoms with Crippen LogP contribution < -0.4 is 0 Å². The number of benzene rings is 1. The van der Waals surface area contributed by atoms with E-state index >= 15 is 0 Å². The molecule has 0 saturated heterocycles. The molecule has 14 heavy (non-hydrogen) atoms. The van der Waals surface area contributed by atoms with Crippen LogP contribution in [0, 0.1) is 0 Å². The molecule has 0 aliphatic heterocycles. The molecule has 0 amide bonds. The fourth-order valence-corrected chi connectivity index (χ4v) is 1.93. The molecule has 1 rings (SSSR count). The van der Waals surface area contributed by atoms with E-state index in [-0.39, 0.29) is 16.6 Å². The second-order valence-corrected chi connectivity index (χ2v) is 5.88. The minimum atomic E-state index is -3.71. The van der Waals surface area contributed by atoms with Crippen LogP contribution in [0.4, 0.5) is 0 Å². The molecule has 1 aromatic rings. The normalized spacial score (nSPS) is 12.0. The van der Waals surface area contributed by atoms with Crippen LogP contribution in [0.5, 0.6) is 5.75 Å². The van der Waals surface area contributed by atoms with Crippen molar-refractivity contribution in [1.29, 1.82) is 0 Å². The van der Waals surface area contributed by atoms with Crippen LogP contribution in [0.3, 0.4) is 0 Å². The molecule has 0 radical (unpaired) electrons. The van der Waals surface area contributed by atoms with E-state index in [1.165, 1.54) is 18.2 Å². The lowest BCUT2D eigenvalue weighted by molar-refractivity contribution is 0.464. The maximum absolute atomic E-state index is 11.0. The van der Waals surface area contributed by atoms with Crippen LogP contribution in [0.15, 0.2) is 23.1 Å². The van der Waals surface area contributed by atoms with Gasteiger partial charge in [-0.05, 0) is 29.7 Å². The first-order valence-corrected chi connectivity index (χ1v) is 6.41. The molecule has 0 aromatic heterocycles. The Labute approximate surface area is 87.8 Å². The van der Waals surface area contributed by atoms with E-state index in [4.69, 9.17) is 10.7 Å². The van der Waals surface area contributed by atoms with Crippen molar-refractivity contribution in [3.8, 4) is 5.75 Å². The Morgan fingerprint density at radius 1 is 1.36 bits per heavy atom. The van der Waals surface area contributed by atoms with E-state index < -0.39 is 9.05 Å². The van der Waals surface area contributed by atoms with Crippen molar-refractivity contribution in [3.63, 3.8) is 0 Å². The fraction of sp³-hybridized carbons (Fsp3) is 0.333. The molecule has 0 aliphatic rings. The van der Waals surface area contributed by atoms with Crippen molar-refractivity contribution in [2.24, 2.45) is 0 Å². The third-order valence-electron chi connectivity index (χ3n) is 1.90. The molecule has 3 nitrogen and oxygen atoms in total. The summed E-state index contributed by atoms with van der Waals surface area (Å²) in [5.74, 6) is 0.137. The van der Waals surface area contributed by atoms with Gasteiger partial charge in [-0.15, -0.1) is 0 Å². The van der Waals surface area contributed by atoms with Crippen LogP contribution >= 0.6 is 10.7 Å². The number of hydrogen-bond donors (Lipinski definition) is 1. The van der Waals surface area contributed by atoms with E-state index in [1.54, 1.807) is 0 Å². The Morgan fingerprint density at radius 2 is 1.93 bits per heavy atom. The lowest BCUT2D eigenvalue weighted by Gasteiger charge is -2.08. The molecule has 5 heteroatoms. The molecule has 1 aromatic carbocycles. The van der Waals surface area contributed by atoms with E-state index in [0.717, 1.165) is 0 Å². The second-order valence-electron chi connectivity index (χ2n) is 3.31. The van der Waals surface area contributed by atoms with E-state index in [0.29, 0.717) is 5.56 Å². The van der Waals surface area contributed by atoms with E-state index in [2.05, 4.69) is 0 Å². The fourth-order valence-electron chi connectivity index (χ4n) is 1.15. The minimum Gasteiger partial charge on any atom is -0.508 e. The Morgan fingerprint density at radius 3 is 2.36 bits per heavy atom. The largest absolute Gasteiger partial charge is 0.508 e.